The minimum Gasteiger partial charge on any atom is -0.497 e. The van der Waals surface area contributed by atoms with Crippen LogP contribution in [0.3, 0.4) is 0 Å². The molecule has 7 nitrogen and oxygen atoms in total. The summed E-state index contributed by atoms with van der Waals surface area (Å²) in [6.07, 6.45) is 4.33. The summed E-state index contributed by atoms with van der Waals surface area (Å²) in [5.74, 6) is 1.85. The van der Waals surface area contributed by atoms with Crippen LogP contribution in [0.1, 0.15) is 30.9 Å². The molecule has 0 N–H and O–H groups in total. The van der Waals surface area contributed by atoms with Crippen LogP contribution in [0.4, 0.5) is 0 Å². The van der Waals surface area contributed by atoms with Crippen LogP contribution in [-0.4, -0.2) is 39.6 Å². The van der Waals surface area contributed by atoms with E-state index in [-0.39, 0.29) is 11.4 Å². The largest absolute Gasteiger partial charge is 0.497 e. The Morgan fingerprint density at radius 3 is 2.64 bits per heavy atom. The number of hydrogen-bond donors (Lipinski definition) is 0. The van der Waals surface area contributed by atoms with Gasteiger partial charge in [-0.15, -0.1) is 10.2 Å². The highest BCUT2D eigenvalue weighted by Crippen LogP contribution is 2.37. The van der Waals surface area contributed by atoms with Crippen molar-refractivity contribution in [3.8, 4) is 28.5 Å². The van der Waals surface area contributed by atoms with Gasteiger partial charge < -0.3 is 18.5 Å². The monoisotopic (exact) mass is 462 g/mol. The van der Waals surface area contributed by atoms with E-state index in [4.69, 9.17) is 18.9 Å². The summed E-state index contributed by atoms with van der Waals surface area (Å²) in [5, 5.41) is 9.40. The lowest BCUT2D eigenvalue weighted by Crippen LogP contribution is -2.16. The topological polar surface area (TPSA) is 75.2 Å². The van der Waals surface area contributed by atoms with Crippen molar-refractivity contribution < 1.29 is 13.9 Å². The number of nitrogens with zero attached hydrogens (tertiary/aromatic N) is 4. The lowest BCUT2D eigenvalue weighted by molar-refractivity contribution is 0.0953. The van der Waals surface area contributed by atoms with Crippen LogP contribution in [-0.2, 0) is 11.3 Å². The first-order valence-electron chi connectivity index (χ1n) is 11.1. The first kappa shape index (κ1) is 21.7. The first-order chi connectivity index (χ1) is 16.2. The molecule has 0 saturated carbocycles. The number of imidazole rings is 1. The van der Waals surface area contributed by atoms with Gasteiger partial charge in [0.25, 0.3) is 0 Å². The number of benzene rings is 2. The SMILES string of the molecule is COc1ccc(-c2nnc(C(C)Sc3ncc(-c4ccccc4)n3CC3CCCO3)o2)cc1. The van der Waals surface area contributed by atoms with Crippen molar-refractivity contribution in [1.82, 2.24) is 19.7 Å². The molecule has 1 aliphatic rings. The van der Waals surface area contributed by atoms with Crippen LogP contribution in [0.2, 0.25) is 0 Å². The predicted molar refractivity (Wildman–Crippen MR) is 127 cm³/mol. The second-order valence-corrected chi connectivity index (χ2v) is 9.28. The highest BCUT2D eigenvalue weighted by Gasteiger charge is 2.24. The Labute approximate surface area is 197 Å². The Bertz CT molecular complexity index is 1180. The van der Waals surface area contributed by atoms with Crippen LogP contribution < -0.4 is 4.74 Å². The zero-order chi connectivity index (χ0) is 22.6. The lowest BCUT2D eigenvalue weighted by Gasteiger charge is -2.17. The van der Waals surface area contributed by atoms with Crippen LogP contribution in [0.15, 0.2) is 70.4 Å². The molecule has 33 heavy (non-hydrogen) atoms. The Balaban J connectivity index is 1.38. The molecular weight excluding hydrogens is 436 g/mol. The third kappa shape index (κ3) is 4.82. The highest BCUT2D eigenvalue weighted by molar-refractivity contribution is 7.99. The second kappa shape index (κ2) is 9.80. The van der Waals surface area contributed by atoms with E-state index < -0.39 is 0 Å². The molecule has 2 atom stereocenters. The normalized spacial score (nSPS) is 16.7. The quantitative estimate of drug-likeness (QED) is 0.314. The van der Waals surface area contributed by atoms with E-state index in [1.807, 2.05) is 48.7 Å². The zero-order valence-corrected chi connectivity index (χ0v) is 19.5. The highest BCUT2D eigenvalue weighted by atomic mass is 32.2. The number of methoxy groups -OCH3 is 1. The van der Waals surface area contributed by atoms with E-state index in [0.717, 1.165) is 53.7 Å². The van der Waals surface area contributed by atoms with Gasteiger partial charge in [-0.2, -0.15) is 0 Å². The minimum absolute atomic E-state index is 0.0567. The second-order valence-electron chi connectivity index (χ2n) is 7.97. The van der Waals surface area contributed by atoms with Crippen molar-refractivity contribution in [3.63, 3.8) is 0 Å². The van der Waals surface area contributed by atoms with E-state index >= 15 is 0 Å². The minimum atomic E-state index is -0.0567. The van der Waals surface area contributed by atoms with E-state index in [1.165, 1.54) is 0 Å². The van der Waals surface area contributed by atoms with Gasteiger partial charge in [0.05, 0.1) is 36.9 Å². The fourth-order valence-corrected chi connectivity index (χ4v) is 4.84. The number of hydrogen-bond acceptors (Lipinski definition) is 7. The average molecular weight is 463 g/mol. The number of thioether (sulfide) groups is 1. The van der Waals surface area contributed by atoms with Crippen molar-refractivity contribution >= 4 is 11.8 Å². The molecule has 0 bridgehead atoms. The summed E-state index contributed by atoms with van der Waals surface area (Å²) >= 11 is 1.62. The molecule has 170 valence electrons. The predicted octanol–water partition coefficient (Wildman–Crippen LogP) is 5.64. The molecule has 5 rings (SSSR count). The van der Waals surface area contributed by atoms with Gasteiger partial charge >= 0.3 is 0 Å². The van der Waals surface area contributed by atoms with Gasteiger partial charge in [0.15, 0.2) is 5.16 Å². The average Bonchev–Trinajstić information content (AvgIpc) is 3.62. The molecule has 0 radical (unpaired) electrons. The molecule has 1 saturated heterocycles. The first-order valence-corrected chi connectivity index (χ1v) is 12.0. The Kier molecular flexibility index (Phi) is 6.46. The summed E-state index contributed by atoms with van der Waals surface area (Å²) < 4.78 is 19.4. The van der Waals surface area contributed by atoms with Gasteiger partial charge in [0.2, 0.25) is 11.8 Å². The molecule has 3 heterocycles. The Hall–Kier alpha value is -3.10. The summed E-state index contributed by atoms with van der Waals surface area (Å²) in [6, 6.07) is 17.9. The summed E-state index contributed by atoms with van der Waals surface area (Å²) in [4.78, 5) is 4.75. The van der Waals surface area contributed by atoms with E-state index in [1.54, 1.807) is 18.9 Å². The molecule has 8 heteroatoms. The van der Waals surface area contributed by atoms with E-state index in [0.29, 0.717) is 11.8 Å². The molecule has 0 aliphatic carbocycles. The maximum Gasteiger partial charge on any atom is 0.247 e. The smallest absolute Gasteiger partial charge is 0.247 e. The molecule has 2 aromatic carbocycles. The summed E-state index contributed by atoms with van der Waals surface area (Å²) in [7, 11) is 1.64. The molecule has 1 aliphatic heterocycles. The van der Waals surface area contributed by atoms with E-state index in [9.17, 15) is 0 Å². The van der Waals surface area contributed by atoms with Gasteiger partial charge in [0, 0.05) is 12.2 Å². The summed E-state index contributed by atoms with van der Waals surface area (Å²) in [6.45, 7) is 3.67. The molecular formula is C25H26N4O3S. The number of rotatable bonds is 8. The Morgan fingerprint density at radius 1 is 1.09 bits per heavy atom. The summed E-state index contributed by atoms with van der Waals surface area (Å²) in [5.41, 5.74) is 3.09. The fraction of sp³-hybridized carbons (Fsp3) is 0.320. The van der Waals surface area contributed by atoms with Crippen molar-refractivity contribution in [2.24, 2.45) is 0 Å². The van der Waals surface area contributed by atoms with Crippen LogP contribution in [0, 0.1) is 0 Å². The van der Waals surface area contributed by atoms with Crippen LogP contribution in [0.5, 0.6) is 5.75 Å². The molecule has 1 fully saturated rings. The van der Waals surface area contributed by atoms with Crippen LogP contribution >= 0.6 is 11.8 Å². The zero-order valence-electron chi connectivity index (χ0n) is 18.7. The standard InChI is InChI=1S/C25H26N4O3S/c1-17(23-27-28-24(32-23)19-10-12-20(30-2)13-11-19)33-25-26-15-22(18-7-4-3-5-8-18)29(25)16-21-9-6-14-31-21/h3-5,7-8,10-13,15,17,21H,6,9,14,16H2,1-2H3. The van der Waals surface area contributed by atoms with Crippen molar-refractivity contribution in [1.29, 1.82) is 0 Å². The van der Waals surface area contributed by atoms with Gasteiger partial charge in [-0.3, -0.25) is 0 Å². The molecule has 0 spiro atoms. The molecule has 0 amide bonds. The third-order valence-electron chi connectivity index (χ3n) is 5.71. The fourth-order valence-electron chi connectivity index (χ4n) is 3.92. The maximum absolute atomic E-state index is 6.00. The number of aromatic nitrogens is 4. The van der Waals surface area contributed by atoms with Crippen molar-refractivity contribution in [2.75, 3.05) is 13.7 Å². The van der Waals surface area contributed by atoms with Gasteiger partial charge in [-0.05, 0) is 49.6 Å². The van der Waals surface area contributed by atoms with Gasteiger partial charge in [-0.25, -0.2) is 4.98 Å². The van der Waals surface area contributed by atoms with Gasteiger partial charge in [-0.1, -0.05) is 42.1 Å². The molecule has 2 unspecified atom stereocenters. The third-order valence-corrected chi connectivity index (χ3v) is 6.80. The molecule has 2 aromatic heterocycles. The van der Waals surface area contributed by atoms with Crippen LogP contribution in [0.25, 0.3) is 22.7 Å². The lowest BCUT2D eigenvalue weighted by atomic mass is 10.1. The maximum atomic E-state index is 6.00. The Morgan fingerprint density at radius 2 is 1.91 bits per heavy atom. The number of ether oxygens (including phenoxy) is 2. The van der Waals surface area contributed by atoms with Gasteiger partial charge in [0.1, 0.15) is 5.75 Å². The van der Waals surface area contributed by atoms with E-state index in [2.05, 4.69) is 33.8 Å². The van der Waals surface area contributed by atoms with Crippen molar-refractivity contribution in [3.05, 3.63) is 66.7 Å². The van der Waals surface area contributed by atoms with Crippen molar-refractivity contribution in [2.45, 2.75) is 42.8 Å². The molecule has 4 aromatic rings.